The van der Waals surface area contributed by atoms with Crippen LogP contribution in [-0.2, 0) is 5.41 Å². The number of benzene rings is 2. The van der Waals surface area contributed by atoms with E-state index in [1.54, 1.807) is 0 Å². The average molecular weight is 312 g/mol. The fourth-order valence-electron chi connectivity index (χ4n) is 3.03. The van der Waals surface area contributed by atoms with E-state index < -0.39 is 0 Å². The molecule has 24 heavy (non-hydrogen) atoms. The smallest absolute Gasteiger partial charge is 0.0972 e. The lowest BCUT2D eigenvalue weighted by atomic mass is 9.86. The molecule has 0 amide bonds. The van der Waals surface area contributed by atoms with Gasteiger partial charge in [-0.25, -0.2) is 4.98 Å². The van der Waals surface area contributed by atoms with Crippen LogP contribution in [0.1, 0.15) is 26.3 Å². The third kappa shape index (κ3) is 2.54. The van der Waals surface area contributed by atoms with Gasteiger partial charge >= 0.3 is 0 Å². The summed E-state index contributed by atoms with van der Waals surface area (Å²) in [5.74, 6) is 0. The summed E-state index contributed by atoms with van der Waals surface area (Å²) >= 11 is 0. The van der Waals surface area contributed by atoms with Crippen LogP contribution < -0.4 is 0 Å². The highest BCUT2D eigenvalue weighted by Crippen LogP contribution is 2.29. The minimum absolute atomic E-state index is 0.126. The first-order valence-electron chi connectivity index (χ1n) is 8.28. The van der Waals surface area contributed by atoms with Crippen molar-refractivity contribution in [1.29, 1.82) is 0 Å². The second kappa shape index (κ2) is 5.41. The summed E-state index contributed by atoms with van der Waals surface area (Å²) < 4.78 is 0. The first-order chi connectivity index (χ1) is 11.5. The number of hydrogen-bond donors (Lipinski definition) is 0. The molecule has 0 aliphatic heterocycles. The highest BCUT2D eigenvalue weighted by Gasteiger charge is 2.14. The third-order valence-electron chi connectivity index (χ3n) is 4.46. The first-order valence-corrected chi connectivity index (χ1v) is 8.28. The summed E-state index contributed by atoms with van der Waals surface area (Å²) in [4.78, 5) is 9.47. The van der Waals surface area contributed by atoms with Crippen molar-refractivity contribution in [3.63, 3.8) is 0 Å². The van der Waals surface area contributed by atoms with Gasteiger partial charge in [-0.1, -0.05) is 63.2 Å². The summed E-state index contributed by atoms with van der Waals surface area (Å²) in [6.45, 7) is 6.70. The molecule has 0 bridgehead atoms. The lowest BCUT2D eigenvalue weighted by Gasteiger charge is -2.19. The summed E-state index contributed by atoms with van der Waals surface area (Å²) in [6.07, 6.45) is 1.83. The Bertz CT molecular complexity index is 1040. The van der Waals surface area contributed by atoms with Crippen molar-refractivity contribution in [3.05, 3.63) is 72.4 Å². The predicted molar refractivity (Wildman–Crippen MR) is 101 cm³/mol. The molecule has 118 valence electrons. The molecule has 4 rings (SSSR count). The van der Waals surface area contributed by atoms with Crippen molar-refractivity contribution in [2.75, 3.05) is 0 Å². The van der Waals surface area contributed by atoms with Crippen LogP contribution in [0.25, 0.3) is 33.1 Å². The molecule has 2 aromatic carbocycles. The van der Waals surface area contributed by atoms with Gasteiger partial charge in [-0.05, 0) is 29.2 Å². The van der Waals surface area contributed by atoms with E-state index in [1.165, 1.54) is 5.56 Å². The van der Waals surface area contributed by atoms with Crippen LogP contribution in [0, 0.1) is 0 Å². The maximum Gasteiger partial charge on any atom is 0.0972 e. The van der Waals surface area contributed by atoms with Gasteiger partial charge < -0.3 is 0 Å². The molecule has 2 aromatic heterocycles. The van der Waals surface area contributed by atoms with Crippen molar-refractivity contribution in [1.82, 2.24) is 9.97 Å². The van der Waals surface area contributed by atoms with Gasteiger partial charge in [0.1, 0.15) is 0 Å². The predicted octanol–water partition coefficient (Wildman–Crippen LogP) is 5.75. The molecule has 2 heterocycles. The highest BCUT2D eigenvalue weighted by molar-refractivity contribution is 6.03. The highest BCUT2D eigenvalue weighted by atomic mass is 14.7. The van der Waals surface area contributed by atoms with Gasteiger partial charge in [0.15, 0.2) is 0 Å². The van der Waals surface area contributed by atoms with Crippen LogP contribution in [0.15, 0.2) is 66.9 Å². The van der Waals surface area contributed by atoms with Crippen LogP contribution in [0.2, 0.25) is 0 Å². The number of pyridine rings is 2. The van der Waals surface area contributed by atoms with Crippen molar-refractivity contribution in [2.45, 2.75) is 26.2 Å². The van der Waals surface area contributed by atoms with E-state index in [-0.39, 0.29) is 5.41 Å². The Morgan fingerprint density at radius 3 is 2.29 bits per heavy atom. The van der Waals surface area contributed by atoms with E-state index in [0.29, 0.717) is 0 Å². The minimum atomic E-state index is 0.126. The number of hydrogen-bond acceptors (Lipinski definition) is 2. The zero-order chi connectivity index (χ0) is 16.7. The zero-order valence-corrected chi connectivity index (χ0v) is 14.2. The average Bonchev–Trinajstić information content (AvgIpc) is 2.60. The number of nitrogens with zero attached hydrogens (tertiary/aromatic N) is 2. The fraction of sp³-hybridized carbons (Fsp3) is 0.182. The largest absolute Gasteiger partial charge is 0.254 e. The van der Waals surface area contributed by atoms with Crippen molar-refractivity contribution in [3.8, 4) is 11.3 Å². The molecule has 0 N–H and O–H groups in total. The van der Waals surface area contributed by atoms with Crippen molar-refractivity contribution in [2.24, 2.45) is 0 Å². The monoisotopic (exact) mass is 312 g/mol. The lowest BCUT2D eigenvalue weighted by Crippen LogP contribution is -2.10. The third-order valence-corrected chi connectivity index (χ3v) is 4.46. The van der Waals surface area contributed by atoms with Crippen LogP contribution >= 0.6 is 0 Å². The first kappa shape index (κ1) is 14.8. The molecule has 4 aromatic rings. The van der Waals surface area contributed by atoms with E-state index in [2.05, 4.69) is 80.4 Å². The number of rotatable bonds is 1. The summed E-state index contributed by atoms with van der Waals surface area (Å²) in [5.41, 5.74) is 5.51. The second-order valence-electron chi connectivity index (χ2n) is 7.24. The molecule has 2 heteroatoms. The van der Waals surface area contributed by atoms with Crippen molar-refractivity contribution >= 4 is 21.8 Å². The van der Waals surface area contributed by atoms with Gasteiger partial charge in [0.2, 0.25) is 0 Å². The van der Waals surface area contributed by atoms with Crippen molar-refractivity contribution < 1.29 is 0 Å². The molecular formula is C22H20N2. The molecular weight excluding hydrogens is 292 g/mol. The number of fused-ring (bicyclic) bond motifs is 3. The van der Waals surface area contributed by atoms with Gasteiger partial charge in [0.05, 0.1) is 16.7 Å². The van der Waals surface area contributed by atoms with E-state index in [4.69, 9.17) is 4.98 Å². The van der Waals surface area contributed by atoms with Crippen LogP contribution in [0.4, 0.5) is 0 Å². The van der Waals surface area contributed by atoms with Gasteiger partial charge in [0.25, 0.3) is 0 Å². The Balaban J connectivity index is 1.93. The topological polar surface area (TPSA) is 25.8 Å². The minimum Gasteiger partial charge on any atom is -0.254 e. The normalized spacial score (nSPS) is 12.0. The van der Waals surface area contributed by atoms with Gasteiger partial charge in [-0.3, -0.25) is 4.98 Å². The van der Waals surface area contributed by atoms with Crippen LogP contribution in [0.5, 0.6) is 0 Å². The number of aromatic nitrogens is 2. The standard InChI is InChI=1S/C22H20N2/c1-22(2,3)18-8-4-6-17(14-18)19-12-11-16-10-9-15-7-5-13-23-20(15)21(16)24-19/h4-14H,1-3H3. The molecule has 2 nitrogen and oxygen atoms in total. The maximum absolute atomic E-state index is 4.93. The van der Waals surface area contributed by atoms with Gasteiger partial charge in [-0.2, -0.15) is 0 Å². The second-order valence-corrected chi connectivity index (χ2v) is 7.24. The van der Waals surface area contributed by atoms with E-state index >= 15 is 0 Å². The Morgan fingerprint density at radius 2 is 1.50 bits per heavy atom. The molecule has 0 radical (unpaired) electrons. The molecule has 0 aliphatic carbocycles. The quantitative estimate of drug-likeness (QED) is 0.418. The summed E-state index contributed by atoms with van der Waals surface area (Å²) in [6, 6.07) is 21.2. The van der Waals surface area contributed by atoms with Gasteiger partial charge in [-0.15, -0.1) is 0 Å². The molecule has 0 fully saturated rings. The lowest BCUT2D eigenvalue weighted by molar-refractivity contribution is 0.590. The zero-order valence-electron chi connectivity index (χ0n) is 14.2. The Morgan fingerprint density at radius 1 is 0.750 bits per heavy atom. The molecule has 0 saturated carbocycles. The van der Waals surface area contributed by atoms with Crippen LogP contribution in [0.3, 0.4) is 0 Å². The van der Waals surface area contributed by atoms with E-state index in [1.807, 2.05) is 12.3 Å². The SMILES string of the molecule is CC(C)(C)c1cccc(-c2ccc3ccc4cccnc4c3n2)c1. The molecule has 0 aliphatic rings. The molecule has 0 atom stereocenters. The van der Waals surface area contributed by atoms with E-state index in [0.717, 1.165) is 33.1 Å². The van der Waals surface area contributed by atoms with E-state index in [9.17, 15) is 0 Å². The molecule has 0 unspecified atom stereocenters. The molecule has 0 saturated heterocycles. The molecule has 0 spiro atoms. The Hall–Kier alpha value is -2.74. The maximum atomic E-state index is 4.93. The van der Waals surface area contributed by atoms with Gasteiger partial charge in [0, 0.05) is 22.5 Å². The Labute approximate surface area is 142 Å². The fourth-order valence-corrected chi connectivity index (χ4v) is 3.03. The van der Waals surface area contributed by atoms with Crippen LogP contribution in [-0.4, -0.2) is 9.97 Å². The summed E-state index contributed by atoms with van der Waals surface area (Å²) in [7, 11) is 0. The summed E-state index contributed by atoms with van der Waals surface area (Å²) in [5, 5.41) is 2.25. The Kier molecular flexibility index (Phi) is 3.34.